The first-order chi connectivity index (χ1) is 21.7. The molecular formula is C32H39N3O10. The number of nitrogens with zero attached hydrogens (tertiary/aromatic N) is 3. The van der Waals surface area contributed by atoms with Crippen molar-refractivity contribution in [1.29, 1.82) is 0 Å². The van der Waals surface area contributed by atoms with Crippen LogP contribution in [0.3, 0.4) is 0 Å². The molecule has 5 saturated heterocycles. The van der Waals surface area contributed by atoms with Crippen molar-refractivity contribution in [2.24, 2.45) is 5.11 Å². The molecular weight excluding hydrogens is 586 g/mol. The molecule has 13 nitrogen and oxygen atoms in total. The zero-order valence-electron chi connectivity index (χ0n) is 25.7. The maximum absolute atomic E-state index is 9.75. The van der Waals surface area contributed by atoms with E-state index in [1.54, 1.807) is 0 Å². The number of fused-ring (bicyclic) bond motifs is 2. The van der Waals surface area contributed by atoms with Gasteiger partial charge in [-0.25, -0.2) is 0 Å². The van der Waals surface area contributed by atoms with E-state index in [2.05, 4.69) is 10.0 Å². The van der Waals surface area contributed by atoms with Gasteiger partial charge in [0.15, 0.2) is 30.4 Å². The van der Waals surface area contributed by atoms with Crippen LogP contribution in [0.4, 0.5) is 0 Å². The Morgan fingerprint density at radius 3 is 2.24 bits per heavy atom. The summed E-state index contributed by atoms with van der Waals surface area (Å²) in [5.74, 6) is -1.68. The van der Waals surface area contributed by atoms with E-state index in [0.717, 1.165) is 11.1 Å². The fraction of sp³-hybridized carbons (Fsp3) is 0.625. The average molecular weight is 626 g/mol. The van der Waals surface area contributed by atoms with Crippen LogP contribution in [0.25, 0.3) is 10.4 Å². The first kappa shape index (κ1) is 31.0. The minimum atomic E-state index is -1.05. The second-order valence-corrected chi connectivity index (χ2v) is 12.7. The van der Waals surface area contributed by atoms with Crippen LogP contribution in [-0.4, -0.2) is 86.1 Å². The molecule has 2 aromatic carbocycles. The molecule has 0 bridgehead atoms. The van der Waals surface area contributed by atoms with Crippen LogP contribution >= 0.6 is 0 Å². The topological polar surface area (TPSA) is 141 Å². The molecule has 1 unspecified atom stereocenters. The second-order valence-electron chi connectivity index (χ2n) is 12.7. The molecule has 0 aliphatic carbocycles. The van der Waals surface area contributed by atoms with E-state index >= 15 is 0 Å². The molecule has 0 spiro atoms. The normalized spacial score (nSPS) is 40.0. The van der Waals surface area contributed by atoms with Gasteiger partial charge in [-0.3, -0.25) is 0 Å². The van der Waals surface area contributed by atoms with Gasteiger partial charge in [0.2, 0.25) is 0 Å². The number of ether oxygens (including phenoxy) is 10. The zero-order chi connectivity index (χ0) is 31.2. The predicted molar refractivity (Wildman–Crippen MR) is 155 cm³/mol. The van der Waals surface area contributed by atoms with Crippen LogP contribution in [0.2, 0.25) is 0 Å². The van der Waals surface area contributed by atoms with E-state index in [0.29, 0.717) is 6.61 Å². The van der Waals surface area contributed by atoms with E-state index < -0.39 is 79.2 Å². The first-order valence-electron chi connectivity index (χ1n) is 15.4. The van der Waals surface area contributed by atoms with Crippen molar-refractivity contribution in [3.63, 3.8) is 0 Å². The van der Waals surface area contributed by atoms with Gasteiger partial charge in [0.25, 0.3) is 0 Å². The van der Waals surface area contributed by atoms with E-state index in [9.17, 15) is 5.53 Å². The molecule has 5 fully saturated rings. The molecule has 45 heavy (non-hydrogen) atoms. The number of hydrogen-bond acceptors (Lipinski definition) is 11. The summed E-state index contributed by atoms with van der Waals surface area (Å²) >= 11 is 0. The lowest BCUT2D eigenvalue weighted by Gasteiger charge is -2.48. The van der Waals surface area contributed by atoms with Crippen molar-refractivity contribution >= 4 is 0 Å². The lowest BCUT2D eigenvalue weighted by molar-refractivity contribution is -0.356. The quantitative estimate of drug-likeness (QED) is 0.234. The summed E-state index contributed by atoms with van der Waals surface area (Å²) in [6.07, 6.45) is -6.73. The Morgan fingerprint density at radius 1 is 0.800 bits per heavy atom. The van der Waals surface area contributed by atoms with Crippen molar-refractivity contribution < 1.29 is 47.4 Å². The van der Waals surface area contributed by atoms with E-state index in [1.165, 1.54) is 0 Å². The number of benzene rings is 2. The van der Waals surface area contributed by atoms with Gasteiger partial charge in [-0.05, 0) is 38.8 Å². The Balaban J connectivity index is 1.18. The summed E-state index contributed by atoms with van der Waals surface area (Å²) in [7, 11) is 0. The Hall–Kier alpha value is -2.65. The first-order valence-corrected chi connectivity index (χ1v) is 15.4. The smallest absolute Gasteiger partial charge is 0.190 e. The average Bonchev–Trinajstić information content (AvgIpc) is 3.66. The summed E-state index contributed by atoms with van der Waals surface area (Å²) in [5.41, 5.74) is 11.6. The molecule has 0 aromatic heterocycles. The molecule has 0 saturated carbocycles. The lowest BCUT2D eigenvalue weighted by atomic mass is 9.95. The van der Waals surface area contributed by atoms with Gasteiger partial charge >= 0.3 is 0 Å². The molecule has 0 amide bonds. The van der Waals surface area contributed by atoms with E-state index in [-0.39, 0.29) is 13.2 Å². The van der Waals surface area contributed by atoms with Crippen LogP contribution < -0.4 is 0 Å². The van der Waals surface area contributed by atoms with Crippen LogP contribution in [-0.2, 0) is 54.0 Å². The minimum Gasteiger partial charge on any atom is -0.370 e. The van der Waals surface area contributed by atoms with Crippen LogP contribution in [0.5, 0.6) is 0 Å². The monoisotopic (exact) mass is 625 g/mol. The number of hydrogen-bond donors (Lipinski definition) is 0. The molecule has 5 aliphatic rings. The number of rotatable bonds is 8. The molecule has 11 atom stereocenters. The van der Waals surface area contributed by atoms with Gasteiger partial charge < -0.3 is 47.4 Å². The third-order valence-corrected chi connectivity index (χ3v) is 8.56. The third kappa shape index (κ3) is 6.49. The fourth-order valence-corrected chi connectivity index (χ4v) is 6.58. The zero-order valence-corrected chi connectivity index (χ0v) is 25.7. The molecule has 0 radical (unpaired) electrons. The summed E-state index contributed by atoms with van der Waals surface area (Å²) in [6, 6.07) is 18.5. The molecule has 13 heteroatoms. The van der Waals surface area contributed by atoms with Gasteiger partial charge in [0, 0.05) is 10.5 Å². The third-order valence-electron chi connectivity index (χ3n) is 8.56. The van der Waals surface area contributed by atoms with Crippen molar-refractivity contribution in [3.8, 4) is 0 Å². The van der Waals surface area contributed by atoms with Gasteiger partial charge in [0.05, 0.1) is 19.8 Å². The van der Waals surface area contributed by atoms with E-state index in [4.69, 9.17) is 47.4 Å². The largest absolute Gasteiger partial charge is 0.370 e. The highest BCUT2D eigenvalue weighted by Gasteiger charge is 2.61. The highest BCUT2D eigenvalue weighted by Crippen LogP contribution is 2.44. The molecule has 5 aliphatic heterocycles. The standard InChI is InChI=1S/C32H39N3O10/c1-31(2)38-17-21(43-31)24-26(27-30(41-24)45-32(3,4)44-27)42-29-22(34-35-33)25(36-15-18-11-7-5-8-12-18)23-20(39-29)16-37-28(40-23)19-13-9-6-10-14-19/h5-14,20-30H,15-17H2,1-4H3/t20-,21-,22+,23-,24-,25-,26+,27-,28?,29+,30-/m1/s1. The van der Waals surface area contributed by atoms with Gasteiger partial charge in [-0.1, -0.05) is 65.8 Å². The van der Waals surface area contributed by atoms with Crippen LogP contribution in [0.15, 0.2) is 65.8 Å². The summed E-state index contributed by atoms with van der Waals surface area (Å²) < 4.78 is 63.0. The van der Waals surface area contributed by atoms with Crippen LogP contribution in [0.1, 0.15) is 45.1 Å². The summed E-state index contributed by atoms with van der Waals surface area (Å²) in [4.78, 5) is 3.18. The van der Waals surface area contributed by atoms with Gasteiger partial charge in [-0.2, -0.15) is 0 Å². The maximum Gasteiger partial charge on any atom is 0.190 e. The summed E-state index contributed by atoms with van der Waals surface area (Å²) in [5, 5.41) is 4.17. The highest BCUT2D eigenvalue weighted by molar-refractivity contribution is 5.17. The Kier molecular flexibility index (Phi) is 8.61. The SMILES string of the molecule is CC1(C)O[C@H]2O[C@H]([C@H]3COC(C)(C)O3)[C@H](O[C@@H]3O[C@@H]4COC(c5ccccc5)O[C@H]4[C@H](OCc4ccccc4)[C@@H]3N=[N+]=[N-])[C@H]2O1. The Bertz CT molecular complexity index is 1360. The van der Waals surface area contributed by atoms with Gasteiger partial charge in [-0.15, -0.1) is 0 Å². The van der Waals surface area contributed by atoms with Crippen molar-refractivity contribution in [3.05, 3.63) is 82.2 Å². The molecule has 7 rings (SSSR count). The predicted octanol–water partition coefficient (Wildman–Crippen LogP) is 4.50. The molecule has 5 heterocycles. The van der Waals surface area contributed by atoms with Crippen molar-refractivity contribution in [2.75, 3.05) is 13.2 Å². The Morgan fingerprint density at radius 2 is 1.53 bits per heavy atom. The lowest BCUT2D eigenvalue weighted by Crippen LogP contribution is -2.63. The Labute approximate surface area is 261 Å². The minimum absolute atomic E-state index is 0.204. The van der Waals surface area contributed by atoms with Crippen molar-refractivity contribution in [2.45, 2.75) is 114 Å². The van der Waals surface area contributed by atoms with E-state index in [1.807, 2.05) is 88.4 Å². The summed E-state index contributed by atoms with van der Waals surface area (Å²) in [6.45, 7) is 8.08. The fourth-order valence-electron chi connectivity index (χ4n) is 6.58. The maximum atomic E-state index is 9.75. The highest BCUT2D eigenvalue weighted by atomic mass is 16.9. The second kappa shape index (κ2) is 12.5. The van der Waals surface area contributed by atoms with Crippen molar-refractivity contribution in [1.82, 2.24) is 0 Å². The molecule has 2 aromatic rings. The molecule has 242 valence electrons. The van der Waals surface area contributed by atoms with Crippen LogP contribution in [0, 0.1) is 0 Å². The number of azide groups is 1. The molecule has 0 N–H and O–H groups in total. The van der Waals surface area contributed by atoms with Gasteiger partial charge in [0.1, 0.15) is 48.8 Å².